The van der Waals surface area contributed by atoms with E-state index in [9.17, 15) is 0 Å². The summed E-state index contributed by atoms with van der Waals surface area (Å²) < 4.78 is -1.40. The van der Waals surface area contributed by atoms with Gasteiger partial charge in [0.2, 0.25) is 0 Å². The second kappa shape index (κ2) is 3.20. The zero-order chi connectivity index (χ0) is 8.48. The molecule has 1 aromatic carbocycles. The van der Waals surface area contributed by atoms with Crippen LogP contribution >= 0.6 is 34.8 Å². The highest BCUT2D eigenvalue weighted by molar-refractivity contribution is 6.48. The van der Waals surface area contributed by atoms with Gasteiger partial charge in [0.15, 0.2) is 4.46 Å². The van der Waals surface area contributed by atoms with Crippen LogP contribution in [-0.2, 0) is 4.46 Å². The molecule has 0 amide bonds. The van der Waals surface area contributed by atoms with Gasteiger partial charge >= 0.3 is 0 Å². The molecule has 0 fully saturated rings. The Morgan fingerprint density at radius 1 is 1.18 bits per heavy atom. The first-order chi connectivity index (χ1) is 5.02. The summed E-state index contributed by atoms with van der Waals surface area (Å²) in [5.74, 6) is 0. The summed E-state index contributed by atoms with van der Waals surface area (Å²) in [5, 5.41) is 0.472. The third kappa shape index (κ3) is 2.24. The van der Waals surface area contributed by atoms with Crippen molar-refractivity contribution in [3.8, 4) is 0 Å². The van der Waals surface area contributed by atoms with E-state index in [1.807, 2.05) is 0 Å². The molecule has 0 aliphatic heterocycles. The fourth-order valence-electron chi connectivity index (χ4n) is 0.732. The second-order valence-corrected chi connectivity index (χ2v) is 3.90. The van der Waals surface area contributed by atoms with Gasteiger partial charge in [0.25, 0.3) is 0 Å². The van der Waals surface area contributed by atoms with Crippen molar-refractivity contribution in [3.05, 3.63) is 34.9 Å². The molecule has 0 aliphatic rings. The minimum atomic E-state index is -1.40. The molecule has 0 unspecified atom stereocenters. The SMILES string of the molecule is NC(Cl)(Cl)c1ccccc1Cl. The van der Waals surface area contributed by atoms with Crippen molar-refractivity contribution in [1.82, 2.24) is 0 Å². The van der Waals surface area contributed by atoms with Gasteiger partial charge in [-0.25, -0.2) is 0 Å². The molecule has 4 heteroatoms. The smallest absolute Gasteiger partial charge is 0.193 e. The highest BCUT2D eigenvalue weighted by Gasteiger charge is 2.22. The summed E-state index contributed by atoms with van der Waals surface area (Å²) in [6.45, 7) is 0. The van der Waals surface area contributed by atoms with Crippen LogP contribution in [0.25, 0.3) is 0 Å². The molecule has 11 heavy (non-hydrogen) atoms. The zero-order valence-electron chi connectivity index (χ0n) is 5.52. The largest absolute Gasteiger partial charge is 0.296 e. The van der Waals surface area contributed by atoms with Crippen molar-refractivity contribution < 1.29 is 0 Å². The third-order valence-corrected chi connectivity index (χ3v) is 1.97. The van der Waals surface area contributed by atoms with Crippen LogP contribution in [0.1, 0.15) is 5.56 Å². The molecule has 2 N–H and O–H groups in total. The van der Waals surface area contributed by atoms with Crippen LogP contribution in [0.3, 0.4) is 0 Å². The second-order valence-electron chi connectivity index (χ2n) is 2.10. The lowest BCUT2D eigenvalue weighted by molar-refractivity contribution is 0.917. The molecular formula is C7H6Cl3N. The average molecular weight is 210 g/mol. The Labute approximate surface area is 80.0 Å². The van der Waals surface area contributed by atoms with E-state index >= 15 is 0 Å². The van der Waals surface area contributed by atoms with Gasteiger partial charge in [0, 0.05) is 10.6 Å². The topological polar surface area (TPSA) is 26.0 Å². The molecule has 0 aliphatic carbocycles. The number of alkyl halides is 2. The summed E-state index contributed by atoms with van der Waals surface area (Å²) >= 11 is 17.0. The molecule has 0 heterocycles. The number of halogens is 3. The summed E-state index contributed by atoms with van der Waals surface area (Å²) in [6.07, 6.45) is 0. The van der Waals surface area contributed by atoms with Crippen LogP contribution in [0.5, 0.6) is 0 Å². The van der Waals surface area contributed by atoms with Crippen molar-refractivity contribution in [2.75, 3.05) is 0 Å². The summed E-state index contributed by atoms with van der Waals surface area (Å²) in [6, 6.07) is 6.92. The quantitative estimate of drug-likeness (QED) is 0.560. The van der Waals surface area contributed by atoms with Crippen molar-refractivity contribution in [3.63, 3.8) is 0 Å². The Bertz CT molecular complexity index is 254. The lowest BCUT2D eigenvalue weighted by atomic mass is 10.2. The van der Waals surface area contributed by atoms with Gasteiger partial charge in [-0.15, -0.1) is 0 Å². The first-order valence-corrected chi connectivity index (χ1v) is 4.07. The molecule has 0 saturated carbocycles. The summed E-state index contributed by atoms with van der Waals surface area (Å²) in [5.41, 5.74) is 5.92. The number of benzene rings is 1. The molecule has 0 spiro atoms. The fourth-order valence-corrected chi connectivity index (χ4v) is 1.44. The molecule has 1 aromatic rings. The van der Waals surface area contributed by atoms with E-state index < -0.39 is 4.46 Å². The molecular weight excluding hydrogens is 204 g/mol. The lowest BCUT2D eigenvalue weighted by Gasteiger charge is -2.14. The van der Waals surface area contributed by atoms with Gasteiger partial charge in [-0.2, -0.15) is 0 Å². The maximum Gasteiger partial charge on any atom is 0.193 e. The maximum atomic E-state index is 5.76. The van der Waals surface area contributed by atoms with E-state index in [0.29, 0.717) is 10.6 Å². The number of hydrogen-bond acceptors (Lipinski definition) is 1. The molecule has 0 aromatic heterocycles. The predicted molar refractivity (Wildman–Crippen MR) is 49.0 cm³/mol. The van der Waals surface area contributed by atoms with Crippen LogP contribution in [0.2, 0.25) is 5.02 Å². The van der Waals surface area contributed by atoms with Crippen LogP contribution in [0, 0.1) is 0 Å². The van der Waals surface area contributed by atoms with E-state index in [2.05, 4.69) is 0 Å². The minimum absolute atomic E-state index is 0.472. The van der Waals surface area contributed by atoms with Crippen molar-refractivity contribution >= 4 is 34.8 Å². The van der Waals surface area contributed by atoms with Crippen molar-refractivity contribution in [2.24, 2.45) is 5.73 Å². The highest BCUT2D eigenvalue weighted by atomic mass is 35.5. The normalized spacial score (nSPS) is 11.6. The molecule has 60 valence electrons. The molecule has 0 bridgehead atoms. The van der Waals surface area contributed by atoms with Crippen molar-refractivity contribution in [1.29, 1.82) is 0 Å². The van der Waals surface area contributed by atoms with E-state index in [4.69, 9.17) is 40.5 Å². The van der Waals surface area contributed by atoms with E-state index in [1.165, 1.54) is 0 Å². The Hall–Kier alpha value is 0.0500. The minimum Gasteiger partial charge on any atom is -0.296 e. The van der Waals surface area contributed by atoms with Gasteiger partial charge in [-0.05, 0) is 6.07 Å². The number of rotatable bonds is 1. The highest BCUT2D eigenvalue weighted by Crippen LogP contribution is 2.32. The Kier molecular flexibility index (Phi) is 2.66. The maximum absolute atomic E-state index is 5.76. The van der Waals surface area contributed by atoms with Gasteiger partial charge in [0.1, 0.15) is 0 Å². The number of hydrogen-bond donors (Lipinski definition) is 1. The summed E-state index contributed by atoms with van der Waals surface area (Å²) in [4.78, 5) is 0. The molecule has 0 radical (unpaired) electrons. The lowest BCUT2D eigenvalue weighted by Crippen LogP contribution is -2.22. The molecule has 1 rings (SSSR count). The molecule has 1 nitrogen and oxygen atoms in total. The van der Waals surface area contributed by atoms with Crippen LogP contribution in [-0.4, -0.2) is 0 Å². The van der Waals surface area contributed by atoms with Crippen molar-refractivity contribution in [2.45, 2.75) is 4.46 Å². The Balaban J connectivity index is 3.14. The van der Waals surface area contributed by atoms with Crippen LogP contribution in [0.4, 0.5) is 0 Å². The Morgan fingerprint density at radius 2 is 1.73 bits per heavy atom. The number of nitrogens with two attached hydrogens (primary N) is 1. The Morgan fingerprint density at radius 3 is 2.09 bits per heavy atom. The summed E-state index contributed by atoms with van der Waals surface area (Å²) in [7, 11) is 0. The first kappa shape index (κ1) is 9.14. The molecule has 0 saturated heterocycles. The third-order valence-electron chi connectivity index (χ3n) is 1.23. The van der Waals surface area contributed by atoms with Gasteiger partial charge < -0.3 is 0 Å². The van der Waals surface area contributed by atoms with Crippen LogP contribution in [0.15, 0.2) is 24.3 Å². The van der Waals surface area contributed by atoms with E-state index in [1.54, 1.807) is 24.3 Å². The van der Waals surface area contributed by atoms with Gasteiger partial charge in [0.05, 0.1) is 0 Å². The monoisotopic (exact) mass is 209 g/mol. The van der Waals surface area contributed by atoms with E-state index in [-0.39, 0.29) is 0 Å². The van der Waals surface area contributed by atoms with Gasteiger partial charge in [-0.1, -0.05) is 53.0 Å². The standard InChI is InChI=1S/C7H6Cl3N/c8-6-4-2-1-3-5(6)7(9,10)11/h1-4H,11H2. The van der Waals surface area contributed by atoms with E-state index in [0.717, 1.165) is 0 Å². The average Bonchev–Trinajstić information content (AvgIpc) is 1.86. The predicted octanol–water partition coefficient (Wildman–Crippen LogP) is 2.89. The van der Waals surface area contributed by atoms with Crippen LogP contribution < -0.4 is 5.73 Å². The fraction of sp³-hybridized carbons (Fsp3) is 0.143. The zero-order valence-corrected chi connectivity index (χ0v) is 7.79. The first-order valence-electron chi connectivity index (χ1n) is 2.93. The molecule has 0 atom stereocenters. The van der Waals surface area contributed by atoms with Gasteiger partial charge in [-0.3, -0.25) is 5.73 Å².